The zero-order valence-electron chi connectivity index (χ0n) is 61.6. The topological polar surface area (TPSA) is 231 Å². The van der Waals surface area contributed by atoms with Crippen LogP contribution in [-0.4, -0.2) is 95.9 Å². The Labute approximate surface area is 600 Å². The van der Waals surface area contributed by atoms with Crippen LogP contribution in [0.3, 0.4) is 0 Å². The van der Waals surface area contributed by atoms with Crippen molar-refractivity contribution in [3.05, 3.63) is 146 Å². The summed E-state index contributed by atoms with van der Waals surface area (Å²) in [6, 6.07) is 0. The second-order valence-electron chi connectivity index (χ2n) is 25.1. The van der Waals surface area contributed by atoms with Gasteiger partial charge in [-0.25, -0.2) is 9.13 Å². The third-order valence-corrected chi connectivity index (χ3v) is 17.4. The summed E-state index contributed by atoms with van der Waals surface area (Å²) in [6.45, 7) is 2.42. The second kappa shape index (κ2) is 73.2. The minimum atomic E-state index is -4.94. The van der Waals surface area contributed by atoms with Gasteiger partial charge in [-0.1, -0.05) is 276 Å². The van der Waals surface area contributed by atoms with E-state index >= 15 is 0 Å². The van der Waals surface area contributed by atoms with Crippen molar-refractivity contribution in [3.63, 3.8) is 0 Å². The zero-order valence-corrected chi connectivity index (χ0v) is 63.4. The number of carbonyl (C=O) groups is 3. The highest BCUT2D eigenvalue weighted by Crippen LogP contribution is 2.45. The van der Waals surface area contributed by atoms with Crippen LogP contribution >= 0.6 is 15.6 Å². The second-order valence-corrected chi connectivity index (χ2v) is 28.0. The molecule has 0 aromatic carbocycles. The average molecular weight is 1430 g/mol. The number of aliphatic hydroxyl groups is 2. The molecule has 5 unspecified atom stereocenters. The van der Waals surface area contributed by atoms with Gasteiger partial charge < -0.3 is 34.2 Å². The molecule has 0 amide bonds. The van der Waals surface area contributed by atoms with Gasteiger partial charge in [-0.2, -0.15) is 0 Å². The largest absolute Gasteiger partial charge is 0.472 e. The minimum absolute atomic E-state index is 0.0820. The molecule has 5 atom stereocenters. The van der Waals surface area contributed by atoms with Crippen molar-refractivity contribution < 1.29 is 75.8 Å². The molecule has 0 saturated carbocycles. The summed E-state index contributed by atoms with van der Waals surface area (Å²) in [5, 5.41) is 20.6. The molecule has 0 aromatic heterocycles. The van der Waals surface area contributed by atoms with Crippen molar-refractivity contribution in [2.24, 2.45) is 0 Å². The predicted molar refractivity (Wildman–Crippen MR) is 408 cm³/mol. The summed E-state index contributed by atoms with van der Waals surface area (Å²) in [7, 11) is -9.80. The van der Waals surface area contributed by atoms with Crippen molar-refractivity contribution in [2.75, 3.05) is 39.6 Å². The Morgan fingerprint density at radius 1 is 0.293 bits per heavy atom. The Morgan fingerprint density at radius 3 is 0.889 bits per heavy atom. The maximum Gasteiger partial charge on any atom is 0.472 e. The molecule has 0 heterocycles. The lowest BCUT2D eigenvalue weighted by Crippen LogP contribution is -2.30. The smallest absolute Gasteiger partial charge is 0.463 e. The van der Waals surface area contributed by atoms with Gasteiger partial charge in [-0.05, 0) is 141 Å². The number of phosphoric acid groups is 2. The number of unbranched alkanes of at least 4 members (excludes halogenated alkanes) is 24. The molecule has 0 fully saturated rings. The third kappa shape index (κ3) is 74.4. The standard InChI is InChI=1S/C81H136O16P2/c1-4-7-10-13-16-19-22-25-27-29-31-33-35-36-37-38-40-42-43-45-47-50-52-55-58-61-64-67-79(84)91-70-76(82)71-93-98(87,88)94-72-77(83)73-95-99(89,90)96-75-78(97-81(86)69-66-63-60-57-54-49-24-21-18-15-12-9-6-3)74-92-80(85)68-65-62-59-56-53-51-48-46-44-41-39-34-32-30-28-26-23-20-17-14-11-8-5-2/h7,10,12,15-17,19-21,24-28,31-34,36-37,40-42,44,76-78,82-83H,4-6,8-9,11,13-14,18,22-23,29-30,35,38-39,43,45-75H2,1-3H3,(H,87,88)(H,89,90)/b10-7-,15-12-,19-16-,20-17-,24-21-,27-25-,28-26-,33-31-,34-32-,37-36-,42-40-,44-41-. The van der Waals surface area contributed by atoms with Crippen molar-refractivity contribution in [1.82, 2.24) is 0 Å². The van der Waals surface area contributed by atoms with Gasteiger partial charge >= 0.3 is 33.6 Å². The molecule has 0 radical (unpaired) electrons. The monoisotopic (exact) mass is 1430 g/mol. The minimum Gasteiger partial charge on any atom is -0.463 e. The number of aliphatic hydroxyl groups excluding tert-OH is 2. The van der Waals surface area contributed by atoms with E-state index in [1.165, 1.54) is 44.9 Å². The van der Waals surface area contributed by atoms with Gasteiger partial charge in [-0.15, -0.1) is 0 Å². The van der Waals surface area contributed by atoms with Gasteiger partial charge in [0.25, 0.3) is 0 Å². The van der Waals surface area contributed by atoms with E-state index in [9.17, 15) is 43.5 Å². The summed E-state index contributed by atoms with van der Waals surface area (Å²) in [6.07, 6.45) is 88.9. The summed E-state index contributed by atoms with van der Waals surface area (Å²) in [5.41, 5.74) is 0. The van der Waals surface area contributed by atoms with Crippen LogP contribution in [0.2, 0.25) is 0 Å². The van der Waals surface area contributed by atoms with Crippen LogP contribution in [0.4, 0.5) is 0 Å². The number of hydrogen-bond acceptors (Lipinski definition) is 14. The third-order valence-electron chi connectivity index (χ3n) is 15.5. The van der Waals surface area contributed by atoms with E-state index in [1.54, 1.807) is 0 Å². The molecule has 0 aromatic rings. The van der Waals surface area contributed by atoms with Crippen molar-refractivity contribution in [2.45, 2.75) is 309 Å². The fourth-order valence-corrected chi connectivity index (χ4v) is 11.3. The first-order valence-corrected chi connectivity index (χ1v) is 41.1. The van der Waals surface area contributed by atoms with E-state index in [0.717, 1.165) is 186 Å². The molecule has 0 aliphatic rings. The van der Waals surface area contributed by atoms with E-state index in [4.69, 9.17) is 32.3 Å². The molecule has 16 nitrogen and oxygen atoms in total. The van der Waals surface area contributed by atoms with E-state index in [0.29, 0.717) is 19.3 Å². The molecule has 0 aliphatic heterocycles. The summed E-state index contributed by atoms with van der Waals surface area (Å²) < 4.78 is 61.0. The van der Waals surface area contributed by atoms with Gasteiger partial charge in [0.15, 0.2) is 6.10 Å². The lowest BCUT2D eigenvalue weighted by atomic mass is 10.1. The van der Waals surface area contributed by atoms with Crippen LogP contribution in [0.25, 0.3) is 0 Å². The number of ether oxygens (including phenoxy) is 3. The van der Waals surface area contributed by atoms with Crippen LogP contribution in [0, 0.1) is 0 Å². The van der Waals surface area contributed by atoms with Gasteiger partial charge in [0.2, 0.25) is 0 Å². The van der Waals surface area contributed by atoms with E-state index in [2.05, 4.69) is 167 Å². The maximum absolute atomic E-state index is 12.9. The number of hydrogen-bond donors (Lipinski definition) is 4. The van der Waals surface area contributed by atoms with E-state index in [1.807, 2.05) is 0 Å². The van der Waals surface area contributed by atoms with Crippen LogP contribution < -0.4 is 0 Å². The SMILES string of the molecule is CC/C=C\C/C=C\C/C=C\C/C=C\C/C=C\C/C=C\CCCCCCCCCCC(=O)OCC(O)COP(=O)(O)OCC(O)COP(=O)(O)OCC(COC(=O)CCCCCCCCC/C=C\C/C=C\C/C=C\C/C=C\CCCCC)OC(=O)CCCCCCC/C=C\C/C=C\CCC. The molecule has 18 heteroatoms. The molecule has 4 N–H and O–H groups in total. The van der Waals surface area contributed by atoms with Gasteiger partial charge in [0.05, 0.1) is 26.4 Å². The van der Waals surface area contributed by atoms with Crippen LogP contribution in [0.5, 0.6) is 0 Å². The van der Waals surface area contributed by atoms with Gasteiger partial charge in [0.1, 0.15) is 25.4 Å². The van der Waals surface area contributed by atoms with Crippen LogP contribution in [-0.2, 0) is 55.8 Å². The number of rotatable bonds is 71. The lowest BCUT2D eigenvalue weighted by molar-refractivity contribution is -0.161. The normalized spacial score (nSPS) is 14.9. The van der Waals surface area contributed by atoms with Crippen LogP contribution in [0.1, 0.15) is 290 Å². The number of carbonyl (C=O) groups excluding carboxylic acids is 3. The fraction of sp³-hybridized carbons (Fsp3) is 0.667. The Morgan fingerprint density at radius 2 is 0.556 bits per heavy atom. The Hall–Kier alpha value is -4.57. The highest BCUT2D eigenvalue weighted by atomic mass is 31.2. The quantitative estimate of drug-likeness (QED) is 0.0146. The summed E-state index contributed by atoms with van der Waals surface area (Å²) in [4.78, 5) is 58.6. The Balaban J connectivity index is 4.57. The maximum atomic E-state index is 12.9. The predicted octanol–water partition coefficient (Wildman–Crippen LogP) is 22.1. The zero-order chi connectivity index (χ0) is 72.3. The van der Waals surface area contributed by atoms with Crippen molar-refractivity contribution >= 4 is 33.6 Å². The van der Waals surface area contributed by atoms with Crippen LogP contribution in [0.15, 0.2) is 146 Å². The van der Waals surface area contributed by atoms with E-state index in [-0.39, 0.29) is 19.3 Å². The summed E-state index contributed by atoms with van der Waals surface area (Å²) >= 11 is 0. The molecule has 0 aliphatic carbocycles. The first-order chi connectivity index (χ1) is 48.2. The molecule has 0 bridgehead atoms. The molecular weight excluding hydrogens is 1290 g/mol. The number of esters is 3. The molecule has 0 saturated heterocycles. The lowest BCUT2D eigenvalue weighted by Gasteiger charge is -2.21. The average Bonchev–Trinajstić information content (AvgIpc) is 1.04. The molecule has 566 valence electrons. The first-order valence-electron chi connectivity index (χ1n) is 38.1. The van der Waals surface area contributed by atoms with E-state index < -0.39 is 91.5 Å². The molecule has 0 rings (SSSR count). The molecule has 99 heavy (non-hydrogen) atoms. The van der Waals surface area contributed by atoms with Gasteiger partial charge in [-0.3, -0.25) is 32.5 Å². The van der Waals surface area contributed by atoms with Crippen molar-refractivity contribution in [3.8, 4) is 0 Å². The first kappa shape index (κ1) is 94.4. The molecular formula is C81H136O16P2. The number of phosphoric ester groups is 2. The molecule has 0 spiro atoms. The highest BCUT2D eigenvalue weighted by molar-refractivity contribution is 7.47. The highest BCUT2D eigenvalue weighted by Gasteiger charge is 2.29. The fourth-order valence-electron chi connectivity index (χ4n) is 9.71. The Bertz CT molecular complexity index is 2380. The van der Waals surface area contributed by atoms with Crippen molar-refractivity contribution in [1.29, 1.82) is 0 Å². The Kier molecular flexibility index (Phi) is 69.8. The number of allylic oxidation sites excluding steroid dienone is 24. The summed E-state index contributed by atoms with van der Waals surface area (Å²) in [5.74, 6) is -1.62. The van der Waals surface area contributed by atoms with Gasteiger partial charge in [0, 0.05) is 19.3 Å².